The van der Waals surface area contributed by atoms with Gasteiger partial charge in [-0.3, -0.25) is 9.69 Å². The fraction of sp³-hybridized carbons (Fsp3) is 0.667. The minimum Gasteiger partial charge on any atom is -0.387 e. The first-order chi connectivity index (χ1) is 12.7. The Morgan fingerprint density at radius 2 is 2.00 bits per heavy atom. The second-order valence-electron chi connectivity index (χ2n) is 7.74. The van der Waals surface area contributed by atoms with Gasteiger partial charge in [0.25, 0.3) is 0 Å². The summed E-state index contributed by atoms with van der Waals surface area (Å²) in [7, 11) is 0. The van der Waals surface area contributed by atoms with Crippen LogP contribution in [0.5, 0.6) is 0 Å². The van der Waals surface area contributed by atoms with Crippen LogP contribution in [0, 0.1) is 12.8 Å². The lowest BCUT2D eigenvalue weighted by Crippen LogP contribution is -2.44. The van der Waals surface area contributed by atoms with Gasteiger partial charge in [-0.1, -0.05) is 24.3 Å². The Hall–Kier alpha value is -1.43. The minimum absolute atomic E-state index is 0.145. The van der Waals surface area contributed by atoms with Crippen LogP contribution in [-0.2, 0) is 16.1 Å². The number of aliphatic hydroxyl groups is 1. The van der Waals surface area contributed by atoms with Gasteiger partial charge in [-0.05, 0) is 62.7 Å². The highest BCUT2D eigenvalue weighted by Crippen LogP contribution is 2.22. The van der Waals surface area contributed by atoms with E-state index in [1.165, 1.54) is 11.1 Å². The molecule has 5 heteroatoms. The molecule has 2 heterocycles. The maximum Gasteiger partial charge on any atom is 0.248 e. The van der Waals surface area contributed by atoms with Gasteiger partial charge in [0.1, 0.15) is 6.61 Å². The zero-order valence-electron chi connectivity index (χ0n) is 15.9. The molecule has 1 aromatic carbocycles. The Bertz CT molecular complexity index is 578. The van der Waals surface area contributed by atoms with Crippen molar-refractivity contribution in [3.8, 4) is 0 Å². The van der Waals surface area contributed by atoms with Crippen LogP contribution >= 0.6 is 0 Å². The van der Waals surface area contributed by atoms with Gasteiger partial charge in [0, 0.05) is 26.2 Å². The molecule has 1 unspecified atom stereocenters. The van der Waals surface area contributed by atoms with Crippen molar-refractivity contribution < 1.29 is 14.6 Å². The number of aliphatic hydroxyl groups excluding tert-OH is 1. The molecule has 0 spiro atoms. The van der Waals surface area contributed by atoms with Crippen LogP contribution in [0.4, 0.5) is 0 Å². The fourth-order valence-electron chi connectivity index (χ4n) is 4.08. The molecule has 0 bridgehead atoms. The molecule has 1 aromatic rings. The fourth-order valence-corrected chi connectivity index (χ4v) is 4.08. The maximum atomic E-state index is 12.1. The number of carbonyl (C=O) groups excluding carboxylic acids is 1. The number of hydrogen-bond donors (Lipinski definition) is 1. The van der Waals surface area contributed by atoms with Crippen molar-refractivity contribution >= 4 is 5.91 Å². The Balaban J connectivity index is 1.48. The smallest absolute Gasteiger partial charge is 0.248 e. The molecular formula is C21H32N2O3. The van der Waals surface area contributed by atoms with E-state index in [1.807, 2.05) is 4.90 Å². The quantitative estimate of drug-likeness (QED) is 0.810. The lowest BCUT2D eigenvalue weighted by molar-refractivity contribution is -0.136. The number of hydrogen-bond acceptors (Lipinski definition) is 4. The average molecular weight is 360 g/mol. The van der Waals surface area contributed by atoms with Crippen LogP contribution < -0.4 is 0 Å². The molecular weight excluding hydrogens is 328 g/mol. The summed E-state index contributed by atoms with van der Waals surface area (Å²) >= 11 is 0. The van der Waals surface area contributed by atoms with Crippen LogP contribution in [0.3, 0.4) is 0 Å². The second-order valence-corrected chi connectivity index (χ2v) is 7.74. The van der Waals surface area contributed by atoms with Crippen LogP contribution in [-0.4, -0.2) is 66.3 Å². The van der Waals surface area contributed by atoms with E-state index in [2.05, 4.69) is 36.1 Å². The summed E-state index contributed by atoms with van der Waals surface area (Å²) in [5.74, 6) is 0.350. The van der Waals surface area contributed by atoms with E-state index < -0.39 is 6.61 Å². The van der Waals surface area contributed by atoms with Crippen LogP contribution in [0.2, 0.25) is 0 Å². The van der Waals surface area contributed by atoms with Crippen LogP contribution in [0.25, 0.3) is 0 Å². The van der Waals surface area contributed by atoms with E-state index in [0.29, 0.717) is 12.5 Å². The van der Waals surface area contributed by atoms with Gasteiger partial charge in [0.15, 0.2) is 0 Å². The standard InChI is InChI=1S/C21H32N2O3/c1-17-5-2-3-6-19(17)14-22-10-8-18(9-11-22)13-23(21(25)16-24)15-20-7-4-12-26-20/h2-3,5-6,18,20,24H,4,7-16H2,1H3. The van der Waals surface area contributed by atoms with E-state index >= 15 is 0 Å². The summed E-state index contributed by atoms with van der Waals surface area (Å²) in [6.45, 7) is 7.09. The zero-order valence-corrected chi connectivity index (χ0v) is 15.9. The first-order valence-electron chi connectivity index (χ1n) is 9.93. The second kappa shape index (κ2) is 9.49. The first kappa shape index (κ1) is 19.3. The third-order valence-electron chi connectivity index (χ3n) is 5.78. The molecule has 2 fully saturated rings. The topological polar surface area (TPSA) is 53.0 Å². The SMILES string of the molecule is Cc1ccccc1CN1CCC(CN(CC2CCCO2)C(=O)CO)CC1. The molecule has 5 nitrogen and oxygen atoms in total. The van der Waals surface area contributed by atoms with Crippen molar-refractivity contribution in [2.24, 2.45) is 5.92 Å². The third kappa shape index (κ3) is 5.29. The number of ether oxygens (including phenoxy) is 1. The predicted molar refractivity (Wildman–Crippen MR) is 102 cm³/mol. The number of likely N-dealkylation sites (tertiary alicyclic amines) is 1. The third-order valence-corrected chi connectivity index (χ3v) is 5.78. The normalized spacial score (nSPS) is 21.8. The van der Waals surface area contributed by atoms with E-state index in [1.54, 1.807) is 0 Å². The van der Waals surface area contributed by atoms with Gasteiger partial charge in [-0.25, -0.2) is 0 Å². The highest BCUT2D eigenvalue weighted by Gasteiger charge is 2.27. The average Bonchev–Trinajstić information content (AvgIpc) is 3.17. The molecule has 26 heavy (non-hydrogen) atoms. The number of nitrogens with zero attached hydrogens (tertiary/aromatic N) is 2. The number of aryl methyl sites for hydroxylation is 1. The van der Waals surface area contributed by atoms with E-state index in [4.69, 9.17) is 4.74 Å². The minimum atomic E-state index is -0.404. The van der Waals surface area contributed by atoms with Crippen molar-refractivity contribution in [3.05, 3.63) is 35.4 Å². The Morgan fingerprint density at radius 1 is 1.23 bits per heavy atom. The Morgan fingerprint density at radius 3 is 2.65 bits per heavy atom. The van der Waals surface area contributed by atoms with Crippen molar-refractivity contribution in [2.75, 3.05) is 39.4 Å². The Kier molecular flexibility index (Phi) is 7.06. The van der Waals surface area contributed by atoms with E-state index in [-0.39, 0.29) is 12.0 Å². The Labute approximate surface area is 156 Å². The monoisotopic (exact) mass is 360 g/mol. The molecule has 2 aliphatic rings. The van der Waals surface area contributed by atoms with Gasteiger partial charge in [-0.2, -0.15) is 0 Å². The van der Waals surface area contributed by atoms with Crippen molar-refractivity contribution in [1.82, 2.24) is 9.80 Å². The van der Waals surface area contributed by atoms with Crippen molar-refractivity contribution in [3.63, 3.8) is 0 Å². The molecule has 1 atom stereocenters. The molecule has 0 saturated carbocycles. The number of rotatable bonds is 7. The summed E-state index contributed by atoms with van der Waals surface area (Å²) in [6.07, 6.45) is 4.44. The lowest BCUT2D eigenvalue weighted by Gasteiger charge is -2.35. The molecule has 2 saturated heterocycles. The van der Waals surface area contributed by atoms with E-state index in [9.17, 15) is 9.90 Å². The highest BCUT2D eigenvalue weighted by atomic mass is 16.5. The number of piperidine rings is 1. The largest absolute Gasteiger partial charge is 0.387 e. The van der Waals surface area contributed by atoms with Gasteiger partial charge in [0.2, 0.25) is 5.91 Å². The highest BCUT2D eigenvalue weighted by molar-refractivity contribution is 5.77. The zero-order chi connectivity index (χ0) is 18.4. The van der Waals surface area contributed by atoms with Crippen LogP contribution in [0.1, 0.15) is 36.8 Å². The van der Waals surface area contributed by atoms with Gasteiger partial charge >= 0.3 is 0 Å². The number of amides is 1. The van der Waals surface area contributed by atoms with Crippen molar-refractivity contribution in [1.29, 1.82) is 0 Å². The number of benzene rings is 1. The van der Waals surface area contributed by atoms with Gasteiger partial charge < -0.3 is 14.7 Å². The molecule has 144 valence electrons. The number of carbonyl (C=O) groups is 1. The van der Waals surface area contributed by atoms with Crippen LogP contribution in [0.15, 0.2) is 24.3 Å². The van der Waals surface area contributed by atoms with Gasteiger partial charge in [-0.15, -0.1) is 0 Å². The maximum absolute atomic E-state index is 12.1. The lowest BCUT2D eigenvalue weighted by atomic mass is 9.95. The molecule has 3 rings (SSSR count). The van der Waals surface area contributed by atoms with Gasteiger partial charge in [0.05, 0.1) is 6.10 Å². The molecule has 1 amide bonds. The predicted octanol–water partition coefficient (Wildman–Crippen LogP) is 2.21. The van der Waals surface area contributed by atoms with Crippen molar-refractivity contribution in [2.45, 2.75) is 45.3 Å². The molecule has 0 aliphatic carbocycles. The summed E-state index contributed by atoms with van der Waals surface area (Å²) in [5.41, 5.74) is 2.76. The summed E-state index contributed by atoms with van der Waals surface area (Å²) < 4.78 is 5.68. The first-order valence-corrected chi connectivity index (χ1v) is 9.93. The summed E-state index contributed by atoms with van der Waals surface area (Å²) in [5, 5.41) is 9.30. The summed E-state index contributed by atoms with van der Waals surface area (Å²) in [6, 6.07) is 8.58. The molecule has 0 radical (unpaired) electrons. The van der Waals surface area contributed by atoms with E-state index in [0.717, 1.165) is 58.5 Å². The molecule has 2 aliphatic heterocycles. The molecule has 0 aromatic heterocycles. The molecule has 1 N–H and O–H groups in total. The summed E-state index contributed by atoms with van der Waals surface area (Å²) in [4.78, 5) is 16.5.